The van der Waals surface area contributed by atoms with E-state index in [1.54, 1.807) is 0 Å². The second-order valence-electron chi connectivity index (χ2n) is 3.29. The predicted octanol–water partition coefficient (Wildman–Crippen LogP) is -0.645. The first-order chi connectivity index (χ1) is 8.91. The third-order valence-corrected chi connectivity index (χ3v) is 3.50. The number of aromatic nitrogens is 2. The highest BCUT2D eigenvalue weighted by Crippen LogP contribution is 2.29. The molecule has 0 aliphatic rings. The fraction of sp³-hybridized carbons (Fsp3) is 0.500. The molecule has 0 amide bonds. The molecule has 0 fully saturated rings. The second-order valence-corrected chi connectivity index (χ2v) is 5.33. The monoisotopic (exact) mass is 291 g/mol. The molecule has 106 valence electrons. The SMILES string of the molecule is CNS(=O)(=O)CCNc1ncnc(OC)c1[N+](=O)[O-]. The average Bonchev–Trinajstić information content (AvgIpc) is 2.37. The third kappa shape index (κ3) is 3.99. The molecule has 0 aromatic carbocycles. The van der Waals surface area contributed by atoms with E-state index in [0.717, 1.165) is 6.33 Å². The zero-order valence-electron chi connectivity index (χ0n) is 10.3. The van der Waals surface area contributed by atoms with Crippen LogP contribution >= 0.6 is 0 Å². The van der Waals surface area contributed by atoms with Crippen LogP contribution < -0.4 is 14.8 Å². The number of hydrogen-bond acceptors (Lipinski definition) is 8. The first-order valence-electron chi connectivity index (χ1n) is 5.09. The van der Waals surface area contributed by atoms with Crippen LogP contribution in [0.3, 0.4) is 0 Å². The highest BCUT2D eigenvalue weighted by molar-refractivity contribution is 7.89. The zero-order chi connectivity index (χ0) is 14.5. The van der Waals surface area contributed by atoms with Gasteiger partial charge in [-0.15, -0.1) is 0 Å². The summed E-state index contributed by atoms with van der Waals surface area (Å²) in [6, 6.07) is 0. The lowest BCUT2D eigenvalue weighted by Gasteiger charge is -2.07. The van der Waals surface area contributed by atoms with Gasteiger partial charge in [-0.2, -0.15) is 4.98 Å². The Bertz CT molecular complexity index is 561. The van der Waals surface area contributed by atoms with Crippen molar-refractivity contribution >= 4 is 21.5 Å². The van der Waals surface area contributed by atoms with E-state index in [4.69, 9.17) is 4.74 Å². The number of rotatable bonds is 7. The molecule has 2 N–H and O–H groups in total. The summed E-state index contributed by atoms with van der Waals surface area (Å²) in [4.78, 5) is 17.5. The molecule has 10 nitrogen and oxygen atoms in total. The van der Waals surface area contributed by atoms with E-state index >= 15 is 0 Å². The minimum absolute atomic E-state index is 0.0375. The van der Waals surface area contributed by atoms with Gasteiger partial charge in [0.15, 0.2) is 0 Å². The van der Waals surface area contributed by atoms with Crippen molar-refractivity contribution in [1.82, 2.24) is 14.7 Å². The summed E-state index contributed by atoms with van der Waals surface area (Å²) < 4.78 is 29.3. The molecule has 11 heteroatoms. The summed E-state index contributed by atoms with van der Waals surface area (Å²) in [6.45, 7) is -0.0375. The van der Waals surface area contributed by atoms with E-state index in [-0.39, 0.29) is 24.0 Å². The van der Waals surface area contributed by atoms with Crippen molar-refractivity contribution in [2.75, 3.05) is 31.8 Å². The Morgan fingerprint density at radius 3 is 2.68 bits per heavy atom. The van der Waals surface area contributed by atoms with Gasteiger partial charge < -0.3 is 10.1 Å². The molecule has 0 saturated heterocycles. The van der Waals surface area contributed by atoms with Crippen molar-refractivity contribution in [3.63, 3.8) is 0 Å². The number of methoxy groups -OCH3 is 1. The second kappa shape index (κ2) is 6.24. The summed E-state index contributed by atoms with van der Waals surface area (Å²) in [5, 5.41) is 13.5. The van der Waals surface area contributed by atoms with Crippen molar-refractivity contribution < 1.29 is 18.1 Å². The van der Waals surface area contributed by atoms with Crippen LogP contribution in [0.5, 0.6) is 5.88 Å². The maximum Gasteiger partial charge on any atom is 0.372 e. The number of ether oxygens (including phenoxy) is 1. The molecule has 1 aromatic rings. The number of nitro groups is 1. The van der Waals surface area contributed by atoms with Crippen LogP contribution in [-0.4, -0.2) is 49.8 Å². The molecule has 1 heterocycles. The minimum atomic E-state index is -3.40. The van der Waals surface area contributed by atoms with E-state index in [1.807, 2.05) is 0 Å². The molecule has 0 aliphatic carbocycles. The maximum atomic E-state index is 11.2. The van der Waals surface area contributed by atoms with E-state index in [9.17, 15) is 18.5 Å². The topological polar surface area (TPSA) is 136 Å². The number of nitrogens with zero attached hydrogens (tertiary/aromatic N) is 3. The molecule has 19 heavy (non-hydrogen) atoms. The smallest absolute Gasteiger partial charge is 0.372 e. The predicted molar refractivity (Wildman–Crippen MR) is 66.6 cm³/mol. The lowest BCUT2D eigenvalue weighted by atomic mass is 10.4. The van der Waals surface area contributed by atoms with Gasteiger partial charge in [-0.3, -0.25) is 10.1 Å². The van der Waals surface area contributed by atoms with Crippen LogP contribution in [0.2, 0.25) is 0 Å². The largest absolute Gasteiger partial charge is 0.476 e. The molecule has 0 bridgehead atoms. The Balaban J connectivity index is 2.87. The molecule has 1 rings (SSSR count). The zero-order valence-corrected chi connectivity index (χ0v) is 11.1. The molecular formula is C8H13N5O5S. The number of anilines is 1. The van der Waals surface area contributed by atoms with Crippen molar-refractivity contribution in [1.29, 1.82) is 0 Å². The number of hydrogen-bond donors (Lipinski definition) is 2. The van der Waals surface area contributed by atoms with Crippen LogP contribution in [0.15, 0.2) is 6.33 Å². The molecule has 1 aromatic heterocycles. The Morgan fingerprint density at radius 2 is 2.16 bits per heavy atom. The van der Waals surface area contributed by atoms with Crippen LogP contribution in [0, 0.1) is 10.1 Å². The van der Waals surface area contributed by atoms with Crippen molar-refractivity contribution in [2.45, 2.75) is 0 Å². The molecule has 0 atom stereocenters. The van der Waals surface area contributed by atoms with Gasteiger partial charge in [0.25, 0.3) is 5.88 Å². The molecule has 0 unspecified atom stereocenters. The summed E-state index contributed by atoms with van der Waals surface area (Å²) in [5.74, 6) is -0.533. The van der Waals surface area contributed by atoms with Gasteiger partial charge in [0.2, 0.25) is 15.8 Å². The van der Waals surface area contributed by atoms with Gasteiger partial charge in [-0.25, -0.2) is 18.1 Å². The summed E-state index contributed by atoms with van der Waals surface area (Å²) >= 11 is 0. The fourth-order valence-corrected chi connectivity index (χ4v) is 1.79. The Morgan fingerprint density at radius 1 is 1.47 bits per heavy atom. The lowest BCUT2D eigenvalue weighted by molar-refractivity contribution is -0.385. The van der Waals surface area contributed by atoms with Gasteiger partial charge in [0, 0.05) is 6.54 Å². The highest BCUT2D eigenvalue weighted by Gasteiger charge is 2.23. The van der Waals surface area contributed by atoms with Gasteiger partial charge in [0.1, 0.15) is 6.33 Å². The van der Waals surface area contributed by atoms with Crippen molar-refractivity contribution in [3.05, 3.63) is 16.4 Å². The number of nitrogens with one attached hydrogen (secondary N) is 2. The fourth-order valence-electron chi connectivity index (χ4n) is 1.21. The lowest BCUT2D eigenvalue weighted by Crippen LogP contribution is -2.26. The van der Waals surface area contributed by atoms with E-state index < -0.39 is 20.6 Å². The first-order valence-corrected chi connectivity index (χ1v) is 6.75. The van der Waals surface area contributed by atoms with E-state index in [2.05, 4.69) is 20.0 Å². The normalized spacial score (nSPS) is 11.1. The Hall–Kier alpha value is -2.01. The van der Waals surface area contributed by atoms with Crippen molar-refractivity contribution in [2.24, 2.45) is 0 Å². The van der Waals surface area contributed by atoms with Crippen LogP contribution in [0.1, 0.15) is 0 Å². The molecular weight excluding hydrogens is 278 g/mol. The van der Waals surface area contributed by atoms with Crippen LogP contribution in [-0.2, 0) is 10.0 Å². The van der Waals surface area contributed by atoms with E-state index in [1.165, 1.54) is 14.2 Å². The molecule has 0 spiro atoms. The van der Waals surface area contributed by atoms with Gasteiger partial charge in [0.05, 0.1) is 17.8 Å². The minimum Gasteiger partial charge on any atom is -0.476 e. The maximum absolute atomic E-state index is 11.2. The average molecular weight is 291 g/mol. The molecule has 0 aliphatic heterocycles. The highest BCUT2D eigenvalue weighted by atomic mass is 32.2. The number of sulfonamides is 1. The first kappa shape index (κ1) is 15.0. The quantitative estimate of drug-likeness (QED) is 0.499. The van der Waals surface area contributed by atoms with Gasteiger partial charge in [-0.1, -0.05) is 0 Å². The summed E-state index contributed by atoms with van der Waals surface area (Å²) in [6.07, 6.45) is 1.08. The molecule has 0 saturated carbocycles. The Labute approximate surface area is 109 Å². The summed E-state index contributed by atoms with van der Waals surface area (Å²) in [5.41, 5.74) is -0.438. The summed E-state index contributed by atoms with van der Waals surface area (Å²) in [7, 11) is -0.872. The third-order valence-electron chi connectivity index (χ3n) is 2.14. The van der Waals surface area contributed by atoms with Gasteiger partial charge in [-0.05, 0) is 7.05 Å². The van der Waals surface area contributed by atoms with Crippen molar-refractivity contribution in [3.8, 4) is 5.88 Å². The van der Waals surface area contributed by atoms with Crippen LogP contribution in [0.25, 0.3) is 0 Å². The van der Waals surface area contributed by atoms with Gasteiger partial charge >= 0.3 is 5.69 Å². The van der Waals surface area contributed by atoms with E-state index in [0.29, 0.717) is 0 Å². The molecule has 0 radical (unpaired) electrons. The Kier molecular flexibility index (Phi) is 4.94. The van der Waals surface area contributed by atoms with Crippen LogP contribution in [0.4, 0.5) is 11.5 Å². The standard InChI is InChI=1S/C8H13N5O5S/c1-9-19(16,17)4-3-10-7-6(13(14)15)8(18-2)12-5-11-7/h5,9H,3-4H2,1-2H3,(H,10,11,12).